The minimum absolute atomic E-state index is 0.281. The summed E-state index contributed by atoms with van der Waals surface area (Å²) in [6.07, 6.45) is 1.60. The van der Waals surface area contributed by atoms with Crippen molar-refractivity contribution in [3.05, 3.63) is 0 Å². The number of methoxy groups -OCH3 is 1. The Kier molecular flexibility index (Phi) is 2.62. The van der Waals surface area contributed by atoms with Gasteiger partial charge in [-0.25, -0.2) is 10.1 Å². The number of hydrogen-bond acceptors (Lipinski definition) is 4. The van der Waals surface area contributed by atoms with Gasteiger partial charge < -0.3 is 9.47 Å². The number of rotatable bonds is 3. The second-order valence-electron chi connectivity index (χ2n) is 2.39. The van der Waals surface area contributed by atoms with E-state index in [0.717, 1.165) is 6.42 Å². The Hall–Kier alpha value is -0.160. The number of hydrogen-bond donors (Lipinski definition) is 1. The van der Waals surface area contributed by atoms with Gasteiger partial charge in [0.1, 0.15) is 6.61 Å². The largest absolute Gasteiger partial charge is 0.379 e. The molecule has 4 heteroatoms. The van der Waals surface area contributed by atoms with Gasteiger partial charge in [0.05, 0.1) is 6.61 Å². The first-order valence-electron chi connectivity index (χ1n) is 3.28. The predicted octanol–water partition coefficient (Wildman–Crippen LogP) is 0.629. The lowest BCUT2D eigenvalue weighted by Gasteiger charge is -2.22. The zero-order valence-electron chi connectivity index (χ0n) is 6.00. The van der Waals surface area contributed by atoms with Gasteiger partial charge in [-0.15, -0.1) is 0 Å². The van der Waals surface area contributed by atoms with E-state index in [9.17, 15) is 0 Å². The lowest BCUT2D eigenvalue weighted by Crippen LogP contribution is -2.35. The second kappa shape index (κ2) is 3.30. The summed E-state index contributed by atoms with van der Waals surface area (Å²) in [4.78, 5) is 4.19. The highest BCUT2D eigenvalue weighted by atomic mass is 17.1. The average molecular weight is 148 g/mol. The van der Waals surface area contributed by atoms with Crippen molar-refractivity contribution in [1.29, 1.82) is 0 Å². The topological polar surface area (TPSA) is 47.9 Å². The Labute approximate surface area is 59.6 Å². The fourth-order valence-electron chi connectivity index (χ4n) is 1.10. The lowest BCUT2D eigenvalue weighted by atomic mass is 10.2. The third kappa shape index (κ3) is 1.46. The summed E-state index contributed by atoms with van der Waals surface area (Å²) in [6.45, 7) is 0.910. The summed E-state index contributed by atoms with van der Waals surface area (Å²) in [7, 11) is 1.54. The van der Waals surface area contributed by atoms with Crippen molar-refractivity contribution in [1.82, 2.24) is 0 Å². The molecule has 1 saturated heterocycles. The fourth-order valence-corrected chi connectivity index (χ4v) is 1.10. The Morgan fingerprint density at radius 2 is 2.50 bits per heavy atom. The Bertz CT molecular complexity index is 97.9. The highest BCUT2D eigenvalue weighted by Crippen LogP contribution is 2.25. The fraction of sp³-hybridized carbons (Fsp3) is 1.00. The minimum atomic E-state index is -0.880. The molecule has 0 spiro atoms. The van der Waals surface area contributed by atoms with E-state index < -0.39 is 5.79 Å². The van der Waals surface area contributed by atoms with Gasteiger partial charge in [0.2, 0.25) is 5.79 Å². The van der Waals surface area contributed by atoms with Crippen molar-refractivity contribution in [2.24, 2.45) is 0 Å². The molecule has 1 atom stereocenters. The molecule has 0 aromatic heterocycles. The van der Waals surface area contributed by atoms with Crippen LogP contribution in [0.1, 0.15) is 12.8 Å². The van der Waals surface area contributed by atoms with Gasteiger partial charge in [0, 0.05) is 13.5 Å². The molecule has 1 rings (SSSR count). The quantitative estimate of drug-likeness (QED) is 0.471. The normalized spacial score (nSPS) is 33.0. The smallest absolute Gasteiger partial charge is 0.224 e. The van der Waals surface area contributed by atoms with Gasteiger partial charge >= 0.3 is 0 Å². The van der Waals surface area contributed by atoms with E-state index in [1.165, 1.54) is 0 Å². The minimum Gasteiger partial charge on any atom is -0.379 e. The van der Waals surface area contributed by atoms with Crippen LogP contribution in [0.3, 0.4) is 0 Å². The maximum absolute atomic E-state index is 8.44. The highest BCUT2D eigenvalue weighted by molar-refractivity contribution is 4.73. The third-order valence-corrected chi connectivity index (χ3v) is 1.60. The van der Waals surface area contributed by atoms with Gasteiger partial charge in [0.15, 0.2) is 0 Å². The first kappa shape index (κ1) is 7.94. The Morgan fingerprint density at radius 3 is 2.90 bits per heavy atom. The van der Waals surface area contributed by atoms with E-state index in [0.29, 0.717) is 13.0 Å². The molecule has 1 aliphatic rings. The maximum atomic E-state index is 8.44. The molecule has 10 heavy (non-hydrogen) atoms. The van der Waals surface area contributed by atoms with E-state index in [4.69, 9.17) is 14.7 Å². The van der Waals surface area contributed by atoms with Crippen molar-refractivity contribution >= 4 is 0 Å². The summed E-state index contributed by atoms with van der Waals surface area (Å²) in [5.74, 6) is -0.880. The molecule has 1 aliphatic heterocycles. The van der Waals surface area contributed by atoms with Crippen LogP contribution in [0.25, 0.3) is 0 Å². The van der Waals surface area contributed by atoms with Crippen LogP contribution in [0.4, 0.5) is 0 Å². The molecule has 0 radical (unpaired) electrons. The molecule has 4 nitrogen and oxygen atoms in total. The molecule has 0 amide bonds. The third-order valence-electron chi connectivity index (χ3n) is 1.60. The van der Waals surface area contributed by atoms with Gasteiger partial charge in [-0.2, -0.15) is 0 Å². The summed E-state index contributed by atoms with van der Waals surface area (Å²) >= 11 is 0. The van der Waals surface area contributed by atoms with E-state index in [2.05, 4.69) is 4.89 Å². The van der Waals surface area contributed by atoms with E-state index in [-0.39, 0.29) is 6.61 Å². The van der Waals surface area contributed by atoms with Gasteiger partial charge in [-0.05, 0) is 6.42 Å². The lowest BCUT2D eigenvalue weighted by molar-refractivity contribution is -0.400. The first-order chi connectivity index (χ1) is 4.83. The van der Waals surface area contributed by atoms with Crippen molar-refractivity contribution in [2.45, 2.75) is 18.6 Å². The predicted molar refractivity (Wildman–Crippen MR) is 33.5 cm³/mol. The van der Waals surface area contributed by atoms with Crippen LogP contribution >= 0.6 is 0 Å². The summed E-state index contributed by atoms with van der Waals surface area (Å²) in [5.41, 5.74) is 0. The maximum Gasteiger partial charge on any atom is 0.224 e. The van der Waals surface area contributed by atoms with Gasteiger partial charge in [-0.1, -0.05) is 0 Å². The molecule has 60 valence electrons. The summed E-state index contributed by atoms with van der Waals surface area (Å²) in [6, 6.07) is 0. The van der Waals surface area contributed by atoms with Crippen LogP contribution < -0.4 is 0 Å². The first-order valence-corrected chi connectivity index (χ1v) is 3.28. The second-order valence-corrected chi connectivity index (χ2v) is 2.39. The Balaban J connectivity index is 2.41. The Morgan fingerprint density at radius 1 is 1.70 bits per heavy atom. The molecular formula is C6H12O4. The number of ether oxygens (including phenoxy) is 2. The molecule has 0 aromatic rings. The van der Waals surface area contributed by atoms with E-state index in [1.54, 1.807) is 7.11 Å². The summed E-state index contributed by atoms with van der Waals surface area (Å²) < 4.78 is 9.94. The van der Waals surface area contributed by atoms with Crippen LogP contribution in [0.2, 0.25) is 0 Å². The standard InChI is InChI=1S/C6H12O4/c1-8-5-6(10-7)3-2-4-9-6/h7H,2-5H2,1H3. The van der Waals surface area contributed by atoms with Crippen LogP contribution in [0.15, 0.2) is 0 Å². The molecule has 1 N–H and O–H groups in total. The van der Waals surface area contributed by atoms with E-state index >= 15 is 0 Å². The highest BCUT2D eigenvalue weighted by Gasteiger charge is 2.36. The monoisotopic (exact) mass is 148 g/mol. The zero-order chi connectivity index (χ0) is 7.45. The van der Waals surface area contributed by atoms with Crippen molar-refractivity contribution in [3.8, 4) is 0 Å². The van der Waals surface area contributed by atoms with Crippen LogP contribution in [-0.4, -0.2) is 31.4 Å². The summed E-state index contributed by atoms with van der Waals surface area (Å²) in [5, 5.41) is 8.44. The van der Waals surface area contributed by atoms with Gasteiger partial charge in [0.25, 0.3) is 0 Å². The van der Waals surface area contributed by atoms with Crippen molar-refractivity contribution < 1.29 is 19.6 Å². The van der Waals surface area contributed by atoms with Crippen LogP contribution in [0, 0.1) is 0 Å². The van der Waals surface area contributed by atoms with Crippen LogP contribution in [-0.2, 0) is 14.4 Å². The molecule has 0 aromatic carbocycles. The van der Waals surface area contributed by atoms with Crippen molar-refractivity contribution in [2.75, 3.05) is 20.3 Å². The molecule has 0 bridgehead atoms. The van der Waals surface area contributed by atoms with Gasteiger partial charge in [-0.3, -0.25) is 0 Å². The van der Waals surface area contributed by atoms with Crippen molar-refractivity contribution in [3.63, 3.8) is 0 Å². The zero-order valence-corrected chi connectivity index (χ0v) is 6.00. The van der Waals surface area contributed by atoms with E-state index in [1.807, 2.05) is 0 Å². The molecule has 0 aliphatic carbocycles. The molecule has 0 saturated carbocycles. The van der Waals surface area contributed by atoms with Crippen LogP contribution in [0.5, 0.6) is 0 Å². The molecule has 1 heterocycles. The SMILES string of the molecule is COCC1(OO)CCCO1. The molecule has 1 fully saturated rings. The molecular weight excluding hydrogens is 136 g/mol. The molecule has 1 unspecified atom stereocenters. The average Bonchev–Trinajstić information content (AvgIpc) is 2.39.